The van der Waals surface area contributed by atoms with E-state index >= 15 is 0 Å². The minimum Gasteiger partial charge on any atom is -0.337 e. The lowest BCUT2D eigenvalue weighted by molar-refractivity contribution is 0.0708. The molecule has 0 aromatic heterocycles. The van der Waals surface area contributed by atoms with Gasteiger partial charge in [0.25, 0.3) is 11.8 Å². The van der Waals surface area contributed by atoms with Crippen molar-refractivity contribution >= 4 is 40.7 Å². The number of carbonyl (C=O) groups excluding carboxylic acids is 2. The number of hydrogen-bond donors (Lipinski definition) is 2. The molecular formula is C19H19Cl2N3O2. The molecule has 1 atom stereocenters. The van der Waals surface area contributed by atoms with E-state index in [1.54, 1.807) is 47.4 Å². The Morgan fingerprint density at radius 1 is 1.04 bits per heavy atom. The third kappa shape index (κ3) is 4.55. The highest BCUT2D eigenvalue weighted by atomic mass is 35.5. The van der Waals surface area contributed by atoms with Crippen molar-refractivity contribution in [2.75, 3.05) is 18.4 Å². The largest absolute Gasteiger partial charge is 0.337 e. The molecular weight excluding hydrogens is 373 g/mol. The molecule has 0 spiro atoms. The third-order valence-corrected chi connectivity index (χ3v) is 4.70. The summed E-state index contributed by atoms with van der Waals surface area (Å²) in [6, 6.07) is 11.5. The molecule has 1 aliphatic heterocycles. The summed E-state index contributed by atoms with van der Waals surface area (Å²) in [5, 5.41) is 3.55. The van der Waals surface area contributed by atoms with Crippen molar-refractivity contribution in [3.05, 3.63) is 63.6 Å². The SMILES string of the molecule is NC1CCCN(C(=O)c2ccc(NC(=O)c3cc(Cl)cc(Cl)c3)cc2)C1. The average Bonchev–Trinajstić information content (AvgIpc) is 2.61. The van der Waals surface area contributed by atoms with Gasteiger partial charge in [-0.1, -0.05) is 23.2 Å². The fourth-order valence-corrected chi connectivity index (χ4v) is 3.49. The minimum atomic E-state index is -0.324. The lowest BCUT2D eigenvalue weighted by atomic mass is 10.1. The van der Waals surface area contributed by atoms with Gasteiger partial charge in [-0.2, -0.15) is 0 Å². The number of anilines is 1. The van der Waals surface area contributed by atoms with Crippen molar-refractivity contribution in [2.24, 2.45) is 5.73 Å². The monoisotopic (exact) mass is 391 g/mol. The van der Waals surface area contributed by atoms with Gasteiger partial charge < -0.3 is 16.0 Å². The highest BCUT2D eigenvalue weighted by Gasteiger charge is 2.22. The number of benzene rings is 2. The molecule has 2 aromatic rings. The van der Waals surface area contributed by atoms with Gasteiger partial charge in [0.2, 0.25) is 0 Å². The summed E-state index contributed by atoms with van der Waals surface area (Å²) >= 11 is 11.8. The molecule has 0 aliphatic carbocycles. The van der Waals surface area contributed by atoms with E-state index in [1.807, 2.05) is 0 Å². The zero-order valence-electron chi connectivity index (χ0n) is 14.0. The molecule has 3 rings (SSSR count). The van der Waals surface area contributed by atoms with Crippen LogP contribution in [0.5, 0.6) is 0 Å². The van der Waals surface area contributed by atoms with Gasteiger partial charge in [0.1, 0.15) is 0 Å². The van der Waals surface area contributed by atoms with E-state index in [2.05, 4.69) is 5.32 Å². The van der Waals surface area contributed by atoms with Crippen LogP contribution >= 0.6 is 23.2 Å². The fourth-order valence-electron chi connectivity index (χ4n) is 2.96. The number of nitrogens with zero attached hydrogens (tertiary/aromatic N) is 1. The summed E-state index contributed by atoms with van der Waals surface area (Å²) in [6.07, 6.45) is 1.87. The van der Waals surface area contributed by atoms with Crippen LogP contribution in [0.1, 0.15) is 33.6 Å². The van der Waals surface area contributed by atoms with Crippen LogP contribution in [-0.4, -0.2) is 35.8 Å². The van der Waals surface area contributed by atoms with Gasteiger partial charge in [-0.25, -0.2) is 0 Å². The number of halogens is 2. The zero-order valence-corrected chi connectivity index (χ0v) is 15.6. The Morgan fingerprint density at radius 3 is 2.31 bits per heavy atom. The van der Waals surface area contributed by atoms with Gasteiger partial charge in [-0.15, -0.1) is 0 Å². The van der Waals surface area contributed by atoms with Gasteiger partial charge in [-0.05, 0) is 55.3 Å². The summed E-state index contributed by atoms with van der Waals surface area (Å²) in [6.45, 7) is 1.30. The number of nitrogens with two attached hydrogens (primary N) is 1. The van der Waals surface area contributed by atoms with Crippen LogP contribution in [0.2, 0.25) is 10.0 Å². The van der Waals surface area contributed by atoms with E-state index in [0.29, 0.717) is 33.4 Å². The van der Waals surface area contributed by atoms with E-state index in [9.17, 15) is 9.59 Å². The molecule has 0 radical (unpaired) electrons. The first-order valence-electron chi connectivity index (χ1n) is 8.35. The molecule has 1 saturated heterocycles. The molecule has 1 aliphatic rings. The van der Waals surface area contributed by atoms with Crippen LogP contribution in [-0.2, 0) is 0 Å². The van der Waals surface area contributed by atoms with Crippen LogP contribution < -0.4 is 11.1 Å². The third-order valence-electron chi connectivity index (χ3n) is 4.26. The molecule has 3 N–H and O–H groups in total. The summed E-state index contributed by atoms with van der Waals surface area (Å²) in [7, 11) is 0. The van der Waals surface area contributed by atoms with E-state index in [-0.39, 0.29) is 17.9 Å². The molecule has 1 unspecified atom stereocenters. The first kappa shape index (κ1) is 18.7. The van der Waals surface area contributed by atoms with Gasteiger partial charge in [0, 0.05) is 46.0 Å². The Labute approximate surface area is 162 Å². The Balaban J connectivity index is 1.67. The molecule has 2 aromatic carbocycles. The van der Waals surface area contributed by atoms with Crippen LogP contribution in [0, 0.1) is 0 Å². The number of carbonyl (C=O) groups is 2. The van der Waals surface area contributed by atoms with Gasteiger partial charge in [0.05, 0.1) is 0 Å². The number of likely N-dealkylation sites (tertiary alicyclic amines) is 1. The normalized spacial score (nSPS) is 17.0. The summed E-state index contributed by atoms with van der Waals surface area (Å²) in [4.78, 5) is 26.6. The Hall–Kier alpha value is -2.08. The quantitative estimate of drug-likeness (QED) is 0.834. The van der Waals surface area contributed by atoms with E-state index in [1.165, 1.54) is 0 Å². The number of hydrogen-bond acceptors (Lipinski definition) is 3. The minimum absolute atomic E-state index is 0.0378. The molecule has 136 valence electrons. The van der Waals surface area contributed by atoms with Crippen molar-refractivity contribution in [2.45, 2.75) is 18.9 Å². The zero-order chi connectivity index (χ0) is 18.7. The standard InChI is InChI=1S/C19H19Cl2N3O2/c20-14-8-13(9-15(21)10-14)18(25)23-17-5-3-12(4-6-17)19(26)24-7-1-2-16(22)11-24/h3-6,8-10,16H,1-2,7,11,22H2,(H,23,25). The van der Waals surface area contributed by atoms with Crippen molar-refractivity contribution < 1.29 is 9.59 Å². The Morgan fingerprint density at radius 2 is 1.69 bits per heavy atom. The van der Waals surface area contributed by atoms with Crippen molar-refractivity contribution in [1.29, 1.82) is 0 Å². The highest BCUT2D eigenvalue weighted by molar-refractivity contribution is 6.35. The highest BCUT2D eigenvalue weighted by Crippen LogP contribution is 2.21. The lowest BCUT2D eigenvalue weighted by Gasteiger charge is -2.30. The first-order valence-corrected chi connectivity index (χ1v) is 9.10. The molecule has 5 nitrogen and oxygen atoms in total. The number of amides is 2. The molecule has 2 amide bonds. The lowest BCUT2D eigenvalue weighted by Crippen LogP contribution is -2.45. The smallest absolute Gasteiger partial charge is 0.255 e. The Kier molecular flexibility index (Phi) is 5.81. The van der Waals surface area contributed by atoms with Crippen molar-refractivity contribution in [3.63, 3.8) is 0 Å². The van der Waals surface area contributed by atoms with Crippen LogP contribution in [0.15, 0.2) is 42.5 Å². The second-order valence-electron chi connectivity index (χ2n) is 6.34. The maximum atomic E-state index is 12.5. The molecule has 7 heteroatoms. The molecule has 1 fully saturated rings. The molecule has 0 bridgehead atoms. The van der Waals surface area contributed by atoms with Crippen LogP contribution in [0.4, 0.5) is 5.69 Å². The molecule has 0 saturated carbocycles. The van der Waals surface area contributed by atoms with E-state index < -0.39 is 0 Å². The number of piperidine rings is 1. The van der Waals surface area contributed by atoms with Crippen LogP contribution in [0.25, 0.3) is 0 Å². The first-order chi connectivity index (χ1) is 12.4. The Bertz CT molecular complexity index is 804. The fraction of sp³-hybridized carbons (Fsp3) is 0.263. The topological polar surface area (TPSA) is 75.4 Å². The second-order valence-corrected chi connectivity index (χ2v) is 7.22. The van der Waals surface area contributed by atoms with Crippen molar-refractivity contribution in [1.82, 2.24) is 4.90 Å². The number of rotatable bonds is 3. The summed E-state index contributed by atoms with van der Waals surface area (Å²) in [5.74, 6) is -0.366. The molecule has 26 heavy (non-hydrogen) atoms. The molecule has 1 heterocycles. The summed E-state index contributed by atoms with van der Waals surface area (Å²) < 4.78 is 0. The van der Waals surface area contributed by atoms with Gasteiger partial charge >= 0.3 is 0 Å². The van der Waals surface area contributed by atoms with E-state index in [4.69, 9.17) is 28.9 Å². The van der Waals surface area contributed by atoms with Gasteiger partial charge in [-0.3, -0.25) is 9.59 Å². The summed E-state index contributed by atoms with van der Waals surface area (Å²) in [5.41, 5.74) is 7.46. The van der Waals surface area contributed by atoms with Gasteiger partial charge in [0.15, 0.2) is 0 Å². The maximum absolute atomic E-state index is 12.5. The average molecular weight is 392 g/mol. The predicted molar refractivity (Wildman–Crippen MR) is 104 cm³/mol. The number of nitrogens with one attached hydrogen (secondary N) is 1. The van der Waals surface area contributed by atoms with E-state index in [0.717, 1.165) is 19.4 Å². The maximum Gasteiger partial charge on any atom is 0.255 e. The second kappa shape index (κ2) is 8.08. The van der Waals surface area contributed by atoms with Crippen molar-refractivity contribution in [3.8, 4) is 0 Å². The predicted octanol–water partition coefficient (Wildman–Crippen LogP) is 3.81. The van der Waals surface area contributed by atoms with Crippen LogP contribution in [0.3, 0.4) is 0 Å².